The predicted octanol–water partition coefficient (Wildman–Crippen LogP) is 4.33. The smallest absolute Gasteiger partial charge is 0.276 e. The van der Waals surface area contributed by atoms with Crippen LogP contribution in [-0.4, -0.2) is 25.0 Å². The van der Waals surface area contributed by atoms with Gasteiger partial charge in [0.2, 0.25) is 0 Å². The first-order chi connectivity index (χ1) is 13.4. The first-order valence-corrected chi connectivity index (χ1v) is 10.4. The molecule has 2 aromatic carbocycles. The van der Waals surface area contributed by atoms with Crippen LogP contribution >= 0.6 is 31.9 Å². The van der Waals surface area contributed by atoms with Crippen LogP contribution in [0.3, 0.4) is 0 Å². The average Bonchev–Trinajstić information content (AvgIpc) is 2.69. The molecule has 8 heteroatoms. The molecule has 2 amide bonds. The fraction of sp³-hybridized carbons (Fsp3) is 0.300. The number of halogens is 2. The molecule has 0 saturated carbocycles. The predicted molar refractivity (Wildman–Crippen MR) is 114 cm³/mol. The number of carbonyl (C=O) groups excluding carboxylic acids is 2. The third-order valence-electron chi connectivity index (χ3n) is 4.02. The van der Waals surface area contributed by atoms with E-state index < -0.39 is 11.8 Å². The molecule has 0 aliphatic heterocycles. The fourth-order valence-corrected chi connectivity index (χ4v) is 3.49. The molecule has 0 spiro atoms. The minimum absolute atomic E-state index is 0.202. The molecular weight excluding hydrogens is 492 g/mol. The van der Waals surface area contributed by atoms with Crippen LogP contribution in [-0.2, 0) is 9.59 Å². The summed E-state index contributed by atoms with van der Waals surface area (Å²) >= 11 is 6.69. The molecule has 0 saturated heterocycles. The zero-order chi connectivity index (χ0) is 20.5. The maximum atomic E-state index is 11.9. The van der Waals surface area contributed by atoms with Gasteiger partial charge in [0.1, 0.15) is 11.5 Å². The van der Waals surface area contributed by atoms with Gasteiger partial charge in [-0.2, -0.15) is 0 Å². The van der Waals surface area contributed by atoms with E-state index in [9.17, 15) is 9.59 Å². The Labute approximate surface area is 181 Å². The van der Waals surface area contributed by atoms with E-state index in [0.717, 1.165) is 16.5 Å². The van der Waals surface area contributed by atoms with E-state index in [1.165, 1.54) is 0 Å². The van der Waals surface area contributed by atoms with Crippen molar-refractivity contribution in [2.75, 3.05) is 13.2 Å². The van der Waals surface area contributed by atoms with E-state index in [-0.39, 0.29) is 13.2 Å². The summed E-state index contributed by atoms with van der Waals surface area (Å²) in [5, 5.41) is 0. The SMILES string of the molecule is CCC(C)c1ccccc1OCC(=O)NNC(=O)COc1ccc(Br)cc1Br. The Bertz CT molecular complexity index is 830. The highest BCUT2D eigenvalue weighted by Crippen LogP contribution is 2.29. The van der Waals surface area contributed by atoms with Crippen molar-refractivity contribution >= 4 is 43.7 Å². The molecule has 0 bridgehead atoms. The van der Waals surface area contributed by atoms with E-state index >= 15 is 0 Å². The number of benzene rings is 2. The number of para-hydroxylation sites is 1. The molecule has 2 N–H and O–H groups in total. The van der Waals surface area contributed by atoms with Gasteiger partial charge in [-0.25, -0.2) is 0 Å². The second kappa shape index (κ2) is 11.1. The van der Waals surface area contributed by atoms with Crippen molar-refractivity contribution < 1.29 is 19.1 Å². The maximum absolute atomic E-state index is 11.9. The van der Waals surface area contributed by atoms with Crippen molar-refractivity contribution in [1.29, 1.82) is 0 Å². The van der Waals surface area contributed by atoms with Crippen molar-refractivity contribution in [2.24, 2.45) is 0 Å². The summed E-state index contributed by atoms with van der Waals surface area (Å²) < 4.78 is 12.6. The summed E-state index contributed by atoms with van der Waals surface area (Å²) in [6.07, 6.45) is 0.969. The second-order valence-electron chi connectivity index (χ2n) is 6.10. The Kier molecular flexibility index (Phi) is 8.79. The lowest BCUT2D eigenvalue weighted by Crippen LogP contribution is -2.45. The van der Waals surface area contributed by atoms with Crippen molar-refractivity contribution in [3.05, 3.63) is 57.0 Å². The highest BCUT2D eigenvalue weighted by atomic mass is 79.9. The number of hydrazine groups is 1. The van der Waals surface area contributed by atoms with Crippen LogP contribution in [0, 0.1) is 0 Å². The third-order valence-corrected chi connectivity index (χ3v) is 5.13. The molecule has 0 radical (unpaired) electrons. The molecule has 1 unspecified atom stereocenters. The van der Waals surface area contributed by atoms with Crippen molar-refractivity contribution in [2.45, 2.75) is 26.2 Å². The van der Waals surface area contributed by atoms with Crippen LogP contribution in [0.5, 0.6) is 11.5 Å². The van der Waals surface area contributed by atoms with Crippen LogP contribution < -0.4 is 20.3 Å². The van der Waals surface area contributed by atoms with Crippen molar-refractivity contribution in [3.8, 4) is 11.5 Å². The number of carbonyl (C=O) groups is 2. The fourth-order valence-electron chi connectivity index (χ4n) is 2.33. The Balaban J connectivity index is 1.76. The van der Waals surface area contributed by atoms with Crippen LogP contribution in [0.15, 0.2) is 51.4 Å². The maximum Gasteiger partial charge on any atom is 0.276 e. The number of rotatable bonds is 8. The Morgan fingerprint density at radius 1 is 0.964 bits per heavy atom. The monoisotopic (exact) mass is 512 g/mol. The van der Waals surface area contributed by atoms with Gasteiger partial charge in [-0.15, -0.1) is 0 Å². The third kappa shape index (κ3) is 6.83. The topological polar surface area (TPSA) is 76.7 Å². The van der Waals surface area contributed by atoms with E-state index in [1.807, 2.05) is 30.3 Å². The summed E-state index contributed by atoms with van der Waals surface area (Å²) in [7, 11) is 0. The largest absolute Gasteiger partial charge is 0.483 e. The Morgan fingerprint density at radius 3 is 2.18 bits per heavy atom. The van der Waals surface area contributed by atoms with Gasteiger partial charge in [0.15, 0.2) is 13.2 Å². The van der Waals surface area contributed by atoms with Gasteiger partial charge in [-0.05, 0) is 58.1 Å². The van der Waals surface area contributed by atoms with Gasteiger partial charge in [0, 0.05) is 4.47 Å². The molecule has 0 heterocycles. The number of amides is 2. The van der Waals surface area contributed by atoms with E-state index in [4.69, 9.17) is 9.47 Å². The summed E-state index contributed by atoms with van der Waals surface area (Å²) in [6.45, 7) is 3.76. The van der Waals surface area contributed by atoms with E-state index in [0.29, 0.717) is 21.9 Å². The second-order valence-corrected chi connectivity index (χ2v) is 7.87. The summed E-state index contributed by atoms with van der Waals surface area (Å²) in [5.74, 6) is 0.575. The van der Waals surface area contributed by atoms with Crippen molar-refractivity contribution in [1.82, 2.24) is 10.9 Å². The van der Waals surface area contributed by atoms with Gasteiger partial charge in [-0.1, -0.05) is 48.0 Å². The van der Waals surface area contributed by atoms with Crippen LogP contribution in [0.2, 0.25) is 0 Å². The molecule has 2 rings (SSSR count). The molecule has 6 nitrogen and oxygen atoms in total. The molecule has 2 aromatic rings. The highest BCUT2D eigenvalue weighted by molar-refractivity contribution is 9.11. The zero-order valence-electron chi connectivity index (χ0n) is 15.6. The van der Waals surface area contributed by atoms with Gasteiger partial charge in [0.25, 0.3) is 11.8 Å². The lowest BCUT2D eigenvalue weighted by Gasteiger charge is -2.15. The van der Waals surface area contributed by atoms with Gasteiger partial charge in [0.05, 0.1) is 4.47 Å². The summed E-state index contributed by atoms with van der Waals surface area (Å²) in [4.78, 5) is 23.8. The molecule has 0 aliphatic rings. The van der Waals surface area contributed by atoms with E-state index in [1.54, 1.807) is 12.1 Å². The molecule has 0 fully saturated rings. The molecule has 0 aromatic heterocycles. The normalized spacial score (nSPS) is 11.4. The first kappa shape index (κ1) is 22.2. The van der Waals surface area contributed by atoms with Crippen LogP contribution in [0.4, 0.5) is 0 Å². The van der Waals surface area contributed by atoms with Gasteiger partial charge in [-0.3, -0.25) is 20.4 Å². The van der Waals surface area contributed by atoms with Crippen LogP contribution in [0.1, 0.15) is 31.7 Å². The lowest BCUT2D eigenvalue weighted by atomic mass is 9.98. The molecule has 150 valence electrons. The quantitative estimate of drug-likeness (QED) is 0.515. The average molecular weight is 514 g/mol. The molecular formula is C20H22Br2N2O4. The minimum Gasteiger partial charge on any atom is -0.483 e. The lowest BCUT2D eigenvalue weighted by molar-refractivity contribution is -0.131. The summed E-state index contributed by atoms with van der Waals surface area (Å²) in [5.41, 5.74) is 5.66. The van der Waals surface area contributed by atoms with Gasteiger partial charge < -0.3 is 9.47 Å². The standard InChI is InChI=1S/C20H22Br2N2O4/c1-3-13(2)15-6-4-5-7-17(15)27-11-19(25)23-24-20(26)12-28-18-9-8-14(21)10-16(18)22/h4-10,13H,3,11-12H2,1-2H3,(H,23,25)(H,24,26). The zero-order valence-corrected chi connectivity index (χ0v) is 18.8. The molecule has 1 atom stereocenters. The van der Waals surface area contributed by atoms with Crippen molar-refractivity contribution in [3.63, 3.8) is 0 Å². The summed E-state index contributed by atoms with van der Waals surface area (Å²) in [6, 6.07) is 13.0. The van der Waals surface area contributed by atoms with Crippen LogP contribution in [0.25, 0.3) is 0 Å². The molecule has 0 aliphatic carbocycles. The minimum atomic E-state index is -0.483. The number of ether oxygens (including phenoxy) is 2. The first-order valence-electron chi connectivity index (χ1n) is 8.78. The van der Waals surface area contributed by atoms with E-state index in [2.05, 4.69) is 56.6 Å². The molecule has 28 heavy (non-hydrogen) atoms. The number of hydrogen-bond donors (Lipinski definition) is 2. The Morgan fingerprint density at radius 2 is 1.57 bits per heavy atom. The number of hydrogen-bond acceptors (Lipinski definition) is 4. The van der Waals surface area contributed by atoms with Gasteiger partial charge >= 0.3 is 0 Å². The Hall–Kier alpha value is -2.06. The highest BCUT2D eigenvalue weighted by Gasteiger charge is 2.12. The number of nitrogens with one attached hydrogen (secondary N) is 2.